The molecule has 0 saturated carbocycles. The molecule has 1 aromatic carbocycles. The van der Waals surface area contributed by atoms with Crippen LogP contribution in [0.3, 0.4) is 0 Å². The summed E-state index contributed by atoms with van der Waals surface area (Å²) in [6, 6.07) is 5.51. The van der Waals surface area contributed by atoms with Crippen LogP contribution in [0, 0.1) is 11.8 Å². The van der Waals surface area contributed by atoms with E-state index in [4.69, 9.17) is 10.5 Å². The molecule has 0 spiro atoms. The average Bonchev–Trinajstić information content (AvgIpc) is 2.37. The lowest BCUT2D eigenvalue weighted by atomic mass is 9.94. The van der Waals surface area contributed by atoms with Gasteiger partial charge in [0.1, 0.15) is 5.75 Å². The lowest BCUT2D eigenvalue weighted by Gasteiger charge is -2.17. The van der Waals surface area contributed by atoms with Gasteiger partial charge in [0.05, 0.1) is 12.8 Å². The van der Waals surface area contributed by atoms with Gasteiger partial charge in [-0.15, -0.1) is 0 Å². The molecular formula is C15H23BrN2O2. The SMILES string of the molecule is COc1ccc(Br)cc1NC(=O)CC(CN)CC(C)C. The minimum absolute atomic E-state index is 0.0301. The second-order valence-corrected chi connectivity index (χ2v) is 6.24. The van der Waals surface area contributed by atoms with Gasteiger partial charge < -0.3 is 15.8 Å². The molecule has 0 saturated heterocycles. The highest BCUT2D eigenvalue weighted by Crippen LogP contribution is 2.28. The molecule has 1 amide bonds. The van der Waals surface area contributed by atoms with E-state index >= 15 is 0 Å². The second-order valence-electron chi connectivity index (χ2n) is 5.33. The fourth-order valence-electron chi connectivity index (χ4n) is 2.17. The van der Waals surface area contributed by atoms with E-state index in [1.807, 2.05) is 18.2 Å². The first-order chi connectivity index (χ1) is 9.46. The number of halogens is 1. The summed E-state index contributed by atoms with van der Waals surface area (Å²) in [6.07, 6.45) is 1.39. The van der Waals surface area contributed by atoms with E-state index in [1.165, 1.54) is 0 Å². The van der Waals surface area contributed by atoms with Crippen molar-refractivity contribution in [3.63, 3.8) is 0 Å². The monoisotopic (exact) mass is 342 g/mol. The molecule has 0 bridgehead atoms. The Morgan fingerprint density at radius 2 is 2.15 bits per heavy atom. The van der Waals surface area contributed by atoms with Crippen LogP contribution in [0.4, 0.5) is 5.69 Å². The predicted molar refractivity (Wildman–Crippen MR) is 85.9 cm³/mol. The van der Waals surface area contributed by atoms with Gasteiger partial charge >= 0.3 is 0 Å². The zero-order chi connectivity index (χ0) is 15.1. The molecule has 1 rings (SSSR count). The third-order valence-corrected chi connectivity index (χ3v) is 3.54. The van der Waals surface area contributed by atoms with E-state index in [9.17, 15) is 4.79 Å². The highest BCUT2D eigenvalue weighted by Gasteiger charge is 2.15. The van der Waals surface area contributed by atoms with Gasteiger partial charge in [-0.2, -0.15) is 0 Å². The molecular weight excluding hydrogens is 320 g/mol. The number of amides is 1. The topological polar surface area (TPSA) is 64.3 Å². The number of nitrogens with one attached hydrogen (secondary N) is 1. The number of hydrogen-bond donors (Lipinski definition) is 2. The normalized spacial score (nSPS) is 12.3. The molecule has 4 nitrogen and oxygen atoms in total. The van der Waals surface area contributed by atoms with Crippen molar-refractivity contribution in [3.8, 4) is 5.75 Å². The fourth-order valence-corrected chi connectivity index (χ4v) is 2.53. The van der Waals surface area contributed by atoms with Crippen LogP contribution in [0.25, 0.3) is 0 Å². The molecule has 1 unspecified atom stereocenters. The van der Waals surface area contributed by atoms with Crippen LogP contribution in [0.1, 0.15) is 26.7 Å². The number of ether oxygens (including phenoxy) is 1. The van der Waals surface area contributed by atoms with E-state index in [0.717, 1.165) is 10.9 Å². The molecule has 0 aromatic heterocycles. The molecule has 0 heterocycles. The predicted octanol–water partition coefficient (Wildman–Crippen LogP) is 3.41. The zero-order valence-electron chi connectivity index (χ0n) is 12.3. The molecule has 0 aliphatic heterocycles. The van der Waals surface area contributed by atoms with Crippen molar-refractivity contribution in [2.75, 3.05) is 19.0 Å². The van der Waals surface area contributed by atoms with Crippen LogP contribution in [-0.2, 0) is 4.79 Å². The van der Waals surface area contributed by atoms with E-state index in [0.29, 0.717) is 30.3 Å². The maximum Gasteiger partial charge on any atom is 0.224 e. The van der Waals surface area contributed by atoms with Gasteiger partial charge in [-0.05, 0) is 43.0 Å². The maximum absolute atomic E-state index is 12.1. The van der Waals surface area contributed by atoms with Crippen molar-refractivity contribution in [2.24, 2.45) is 17.6 Å². The smallest absolute Gasteiger partial charge is 0.224 e. The number of hydrogen-bond acceptors (Lipinski definition) is 3. The third-order valence-electron chi connectivity index (χ3n) is 3.05. The molecule has 112 valence electrons. The average molecular weight is 343 g/mol. The van der Waals surface area contributed by atoms with Crippen molar-refractivity contribution in [1.29, 1.82) is 0 Å². The molecule has 0 radical (unpaired) electrons. The minimum Gasteiger partial charge on any atom is -0.495 e. The summed E-state index contributed by atoms with van der Waals surface area (Å²) < 4.78 is 6.13. The van der Waals surface area contributed by atoms with E-state index in [1.54, 1.807) is 7.11 Å². The Balaban J connectivity index is 2.68. The van der Waals surface area contributed by atoms with Gasteiger partial charge in [0.25, 0.3) is 0 Å². The van der Waals surface area contributed by atoms with Gasteiger partial charge in [-0.1, -0.05) is 29.8 Å². The van der Waals surface area contributed by atoms with Crippen LogP contribution in [-0.4, -0.2) is 19.6 Å². The lowest BCUT2D eigenvalue weighted by Crippen LogP contribution is -2.23. The first-order valence-electron chi connectivity index (χ1n) is 6.79. The van der Waals surface area contributed by atoms with Crippen molar-refractivity contribution >= 4 is 27.5 Å². The second kappa shape index (κ2) is 8.27. The first kappa shape index (κ1) is 17.0. The Morgan fingerprint density at radius 3 is 2.70 bits per heavy atom. The number of benzene rings is 1. The molecule has 0 fully saturated rings. The van der Waals surface area contributed by atoms with Gasteiger partial charge in [0.2, 0.25) is 5.91 Å². The number of rotatable bonds is 7. The zero-order valence-corrected chi connectivity index (χ0v) is 13.9. The first-order valence-corrected chi connectivity index (χ1v) is 7.59. The summed E-state index contributed by atoms with van der Waals surface area (Å²) in [6.45, 7) is 4.80. The Labute approximate surface area is 129 Å². The summed E-state index contributed by atoms with van der Waals surface area (Å²) in [5.41, 5.74) is 6.40. The van der Waals surface area contributed by atoms with Gasteiger partial charge in [-0.25, -0.2) is 0 Å². The van der Waals surface area contributed by atoms with Crippen molar-refractivity contribution in [1.82, 2.24) is 0 Å². The maximum atomic E-state index is 12.1. The number of methoxy groups -OCH3 is 1. The van der Waals surface area contributed by atoms with Gasteiger partial charge in [0.15, 0.2) is 0 Å². The summed E-state index contributed by atoms with van der Waals surface area (Å²) in [5, 5.41) is 2.89. The van der Waals surface area contributed by atoms with E-state index < -0.39 is 0 Å². The molecule has 1 atom stereocenters. The van der Waals surface area contributed by atoms with E-state index in [-0.39, 0.29) is 11.8 Å². The molecule has 0 aliphatic carbocycles. The van der Waals surface area contributed by atoms with Crippen molar-refractivity contribution in [3.05, 3.63) is 22.7 Å². The van der Waals surface area contributed by atoms with Crippen LogP contribution in [0.15, 0.2) is 22.7 Å². The largest absolute Gasteiger partial charge is 0.495 e. The quantitative estimate of drug-likeness (QED) is 0.797. The standard InChI is InChI=1S/C15H23BrN2O2/c1-10(2)6-11(9-17)7-15(19)18-13-8-12(16)4-5-14(13)20-3/h4-5,8,10-11H,6-7,9,17H2,1-3H3,(H,18,19). The summed E-state index contributed by atoms with van der Waals surface area (Å²) >= 11 is 3.39. The van der Waals surface area contributed by atoms with Crippen LogP contribution < -0.4 is 15.8 Å². The van der Waals surface area contributed by atoms with E-state index in [2.05, 4.69) is 35.1 Å². The van der Waals surface area contributed by atoms with Crippen LogP contribution in [0.2, 0.25) is 0 Å². The summed E-state index contributed by atoms with van der Waals surface area (Å²) in [7, 11) is 1.58. The Kier molecular flexibility index (Phi) is 7.02. The number of carbonyl (C=O) groups excluding carboxylic acids is 1. The summed E-state index contributed by atoms with van der Waals surface area (Å²) in [5.74, 6) is 1.37. The number of anilines is 1. The minimum atomic E-state index is -0.0301. The van der Waals surface area contributed by atoms with Gasteiger partial charge in [-0.3, -0.25) is 4.79 Å². The van der Waals surface area contributed by atoms with Gasteiger partial charge in [0, 0.05) is 10.9 Å². The fraction of sp³-hybridized carbons (Fsp3) is 0.533. The lowest BCUT2D eigenvalue weighted by molar-refractivity contribution is -0.117. The molecule has 5 heteroatoms. The number of carbonyl (C=O) groups is 1. The molecule has 20 heavy (non-hydrogen) atoms. The van der Waals surface area contributed by atoms with Crippen molar-refractivity contribution in [2.45, 2.75) is 26.7 Å². The molecule has 0 aliphatic rings. The van der Waals surface area contributed by atoms with Crippen LogP contribution in [0.5, 0.6) is 5.75 Å². The number of nitrogens with two attached hydrogens (primary N) is 1. The highest BCUT2D eigenvalue weighted by atomic mass is 79.9. The molecule has 1 aromatic rings. The summed E-state index contributed by atoms with van der Waals surface area (Å²) in [4.78, 5) is 12.1. The third kappa shape index (κ3) is 5.51. The Morgan fingerprint density at radius 1 is 1.45 bits per heavy atom. The molecule has 3 N–H and O–H groups in total. The van der Waals surface area contributed by atoms with Crippen LogP contribution >= 0.6 is 15.9 Å². The Bertz CT molecular complexity index is 449. The Hall–Kier alpha value is -1.07. The highest BCUT2D eigenvalue weighted by molar-refractivity contribution is 9.10. The van der Waals surface area contributed by atoms with Crippen molar-refractivity contribution < 1.29 is 9.53 Å².